The largest absolute Gasteiger partial charge is 0.472 e. The lowest BCUT2D eigenvalue weighted by Gasteiger charge is -2.20. The van der Waals surface area contributed by atoms with E-state index in [1.54, 1.807) is 0 Å². The molecular formula is C44H75O10P. The van der Waals surface area contributed by atoms with E-state index in [1.165, 1.54) is 19.3 Å². The van der Waals surface area contributed by atoms with Crippen LogP contribution in [0.15, 0.2) is 72.9 Å². The molecule has 3 atom stereocenters. The molecule has 0 aromatic heterocycles. The molecule has 0 radical (unpaired) electrons. The van der Waals surface area contributed by atoms with Crippen LogP contribution in [0, 0.1) is 0 Å². The minimum atomic E-state index is -4.63. The number of aliphatic hydroxyl groups excluding tert-OH is 2. The third kappa shape index (κ3) is 39.4. The van der Waals surface area contributed by atoms with Crippen molar-refractivity contribution in [2.45, 2.75) is 167 Å². The van der Waals surface area contributed by atoms with Gasteiger partial charge in [0.05, 0.1) is 19.8 Å². The van der Waals surface area contributed by atoms with E-state index in [9.17, 15) is 24.2 Å². The first-order valence-electron chi connectivity index (χ1n) is 20.9. The van der Waals surface area contributed by atoms with Crippen molar-refractivity contribution in [2.24, 2.45) is 0 Å². The lowest BCUT2D eigenvalue weighted by Crippen LogP contribution is -2.29. The zero-order valence-electron chi connectivity index (χ0n) is 34.1. The molecule has 0 aromatic carbocycles. The lowest BCUT2D eigenvalue weighted by atomic mass is 10.1. The summed E-state index contributed by atoms with van der Waals surface area (Å²) in [4.78, 5) is 34.9. The normalized spacial score (nSPS) is 14.6. The van der Waals surface area contributed by atoms with Gasteiger partial charge in [-0.25, -0.2) is 4.57 Å². The number of unbranched alkanes of at least 4 members (excludes halogenated alkanes) is 12. The quantitative estimate of drug-likeness (QED) is 0.0239. The van der Waals surface area contributed by atoms with E-state index in [-0.39, 0.29) is 19.4 Å². The van der Waals surface area contributed by atoms with Gasteiger partial charge in [0, 0.05) is 12.8 Å². The number of allylic oxidation sites excluding steroid dienone is 12. The Morgan fingerprint density at radius 3 is 1.51 bits per heavy atom. The highest BCUT2D eigenvalue weighted by atomic mass is 31.2. The average Bonchev–Trinajstić information content (AvgIpc) is 3.17. The number of esters is 2. The number of hydrogen-bond acceptors (Lipinski definition) is 9. The van der Waals surface area contributed by atoms with Crippen LogP contribution in [0.4, 0.5) is 0 Å². The number of carbonyl (C=O) groups excluding carboxylic acids is 2. The van der Waals surface area contributed by atoms with Crippen molar-refractivity contribution >= 4 is 19.8 Å². The molecule has 10 nitrogen and oxygen atoms in total. The number of ether oxygens (including phenoxy) is 2. The second-order valence-corrected chi connectivity index (χ2v) is 15.1. The summed E-state index contributed by atoms with van der Waals surface area (Å²) < 4.78 is 32.6. The maximum absolute atomic E-state index is 12.6. The Labute approximate surface area is 333 Å². The molecule has 316 valence electrons. The topological polar surface area (TPSA) is 149 Å². The zero-order chi connectivity index (χ0) is 40.5. The highest BCUT2D eigenvalue weighted by Crippen LogP contribution is 2.43. The fourth-order valence-electron chi connectivity index (χ4n) is 5.13. The highest BCUT2D eigenvalue weighted by molar-refractivity contribution is 7.47. The first kappa shape index (κ1) is 52.4. The summed E-state index contributed by atoms with van der Waals surface area (Å²) in [6.07, 6.45) is 44.3. The molecule has 0 spiro atoms. The number of phosphoric ester groups is 1. The standard InChI is InChI=1S/C44H75O10P/c1-3-5-7-9-11-13-15-17-19-20-22-24-26-28-30-32-34-36-44(48)54-42(40-53-55(49,50)52-38-41(46)37-45)39-51-43(47)35-33-31-29-27-25-23-21-18-16-14-12-10-8-6-4-2/h5,7,11-14,17-19,21-22,24,41-42,45-46H,3-4,6,8-10,15-16,20,23,25-40H2,1-2H3,(H,49,50)/b7-5-,13-11-,14-12-,19-17-,21-18-,24-22-. The molecule has 11 heteroatoms. The van der Waals surface area contributed by atoms with E-state index in [0.29, 0.717) is 12.8 Å². The maximum Gasteiger partial charge on any atom is 0.472 e. The first-order chi connectivity index (χ1) is 26.7. The van der Waals surface area contributed by atoms with Gasteiger partial charge in [-0.1, -0.05) is 132 Å². The van der Waals surface area contributed by atoms with E-state index in [0.717, 1.165) is 96.3 Å². The number of aliphatic hydroxyl groups is 2. The van der Waals surface area contributed by atoms with Gasteiger partial charge in [-0.15, -0.1) is 0 Å². The molecule has 3 unspecified atom stereocenters. The lowest BCUT2D eigenvalue weighted by molar-refractivity contribution is -0.161. The molecule has 0 saturated carbocycles. The van der Waals surface area contributed by atoms with E-state index >= 15 is 0 Å². The predicted molar refractivity (Wildman–Crippen MR) is 223 cm³/mol. The molecule has 0 fully saturated rings. The maximum atomic E-state index is 12.6. The van der Waals surface area contributed by atoms with Crippen molar-refractivity contribution in [2.75, 3.05) is 26.4 Å². The van der Waals surface area contributed by atoms with Crippen LogP contribution in [-0.2, 0) is 32.7 Å². The van der Waals surface area contributed by atoms with Crippen LogP contribution >= 0.6 is 7.82 Å². The van der Waals surface area contributed by atoms with Crippen molar-refractivity contribution in [1.82, 2.24) is 0 Å². The van der Waals surface area contributed by atoms with E-state index in [4.69, 9.17) is 19.1 Å². The highest BCUT2D eigenvalue weighted by Gasteiger charge is 2.27. The van der Waals surface area contributed by atoms with Crippen LogP contribution in [-0.4, -0.2) is 65.7 Å². The van der Waals surface area contributed by atoms with Gasteiger partial charge in [0.15, 0.2) is 6.10 Å². The Bertz CT molecular complexity index is 1140. The number of phosphoric acid groups is 1. The Morgan fingerprint density at radius 2 is 1.00 bits per heavy atom. The van der Waals surface area contributed by atoms with Crippen LogP contribution in [0.1, 0.15) is 155 Å². The Hall–Kier alpha value is -2.59. The molecule has 0 aliphatic carbocycles. The van der Waals surface area contributed by atoms with Gasteiger partial charge in [0.2, 0.25) is 0 Å². The molecule has 3 N–H and O–H groups in total. The predicted octanol–water partition coefficient (Wildman–Crippen LogP) is 10.9. The fraction of sp³-hybridized carbons (Fsp3) is 0.682. The Balaban J connectivity index is 4.41. The van der Waals surface area contributed by atoms with Crippen LogP contribution in [0.3, 0.4) is 0 Å². The minimum Gasteiger partial charge on any atom is -0.462 e. The molecule has 0 aliphatic rings. The van der Waals surface area contributed by atoms with Gasteiger partial charge < -0.3 is 24.6 Å². The van der Waals surface area contributed by atoms with Gasteiger partial charge in [-0.3, -0.25) is 18.6 Å². The van der Waals surface area contributed by atoms with Gasteiger partial charge >= 0.3 is 19.8 Å². The summed E-state index contributed by atoms with van der Waals surface area (Å²) in [6, 6.07) is 0. The van der Waals surface area contributed by atoms with Gasteiger partial charge in [0.25, 0.3) is 0 Å². The number of rotatable bonds is 38. The van der Waals surface area contributed by atoms with E-state index in [1.807, 2.05) is 0 Å². The third-order valence-corrected chi connectivity index (χ3v) is 9.30. The Kier molecular flexibility index (Phi) is 37.8. The van der Waals surface area contributed by atoms with Crippen molar-refractivity contribution in [3.8, 4) is 0 Å². The molecule has 0 bridgehead atoms. The molecule has 0 rings (SSSR count). The molecule has 55 heavy (non-hydrogen) atoms. The Morgan fingerprint density at radius 1 is 0.564 bits per heavy atom. The summed E-state index contributed by atoms with van der Waals surface area (Å²) in [7, 11) is -4.63. The molecule has 0 aliphatic heterocycles. The molecular weight excluding hydrogens is 719 g/mol. The van der Waals surface area contributed by atoms with Gasteiger partial charge in [-0.2, -0.15) is 0 Å². The summed E-state index contributed by atoms with van der Waals surface area (Å²) in [6.45, 7) is 2.17. The van der Waals surface area contributed by atoms with E-state index in [2.05, 4.69) is 91.3 Å². The summed E-state index contributed by atoms with van der Waals surface area (Å²) in [5, 5.41) is 18.3. The van der Waals surface area contributed by atoms with Crippen molar-refractivity contribution < 1.29 is 47.8 Å². The summed E-state index contributed by atoms with van der Waals surface area (Å²) in [5.74, 6) is -0.976. The molecule has 0 heterocycles. The summed E-state index contributed by atoms with van der Waals surface area (Å²) >= 11 is 0. The van der Waals surface area contributed by atoms with Crippen LogP contribution in [0.25, 0.3) is 0 Å². The van der Waals surface area contributed by atoms with E-state index < -0.39 is 51.8 Å². The summed E-state index contributed by atoms with van der Waals surface area (Å²) in [5.41, 5.74) is 0. The fourth-order valence-corrected chi connectivity index (χ4v) is 5.92. The van der Waals surface area contributed by atoms with Crippen LogP contribution in [0.2, 0.25) is 0 Å². The third-order valence-electron chi connectivity index (χ3n) is 8.34. The van der Waals surface area contributed by atoms with Crippen molar-refractivity contribution in [3.05, 3.63) is 72.9 Å². The van der Waals surface area contributed by atoms with Crippen LogP contribution < -0.4 is 0 Å². The number of hydrogen-bond donors (Lipinski definition) is 3. The number of carbonyl (C=O) groups is 2. The second kappa shape index (κ2) is 39.6. The van der Waals surface area contributed by atoms with Crippen molar-refractivity contribution in [3.63, 3.8) is 0 Å². The van der Waals surface area contributed by atoms with Crippen LogP contribution in [0.5, 0.6) is 0 Å². The molecule has 0 amide bonds. The van der Waals surface area contributed by atoms with Gasteiger partial charge in [-0.05, 0) is 83.5 Å². The molecule has 0 saturated heterocycles. The SMILES string of the molecule is CC/C=C\C/C=C\C/C=C\C/C=C\CCCCCCC(=O)OC(COC(=O)CCCCCCC/C=C\C/C=C\CCCCC)COP(=O)(O)OCC(O)CO. The van der Waals surface area contributed by atoms with Gasteiger partial charge in [0.1, 0.15) is 12.7 Å². The molecule has 0 aromatic rings. The first-order valence-corrected chi connectivity index (χ1v) is 22.4. The zero-order valence-corrected chi connectivity index (χ0v) is 35.0. The van der Waals surface area contributed by atoms with Crippen molar-refractivity contribution in [1.29, 1.82) is 0 Å². The monoisotopic (exact) mass is 795 g/mol. The average molecular weight is 795 g/mol. The second-order valence-electron chi connectivity index (χ2n) is 13.6. The minimum absolute atomic E-state index is 0.149. The smallest absolute Gasteiger partial charge is 0.462 e.